The van der Waals surface area contributed by atoms with E-state index in [1.807, 2.05) is 20.8 Å². The van der Waals surface area contributed by atoms with Crippen LogP contribution in [0.1, 0.15) is 56.8 Å². The number of carbonyl (C=O) groups is 3. The molecule has 0 atom stereocenters. The van der Waals surface area contributed by atoms with Gasteiger partial charge >= 0.3 is 0 Å². The quantitative estimate of drug-likeness (QED) is 0.0872. The molecule has 278 valence electrons. The van der Waals surface area contributed by atoms with Gasteiger partial charge in [0.25, 0.3) is 0 Å². The second-order valence-corrected chi connectivity index (χ2v) is 12.2. The highest BCUT2D eigenvalue weighted by Crippen LogP contribution is 2.18. The fourth-order valence-corrected chi connectivity index (χ4v) is 4.18. The second kappa shape index (κ2) is 26.9. The molecule has 0 spiro atoms. The number of fused-ring (bicyclic) bond motifs is 1. The molecule has 0 bridgehead atoms. The normalized spacial score (nSPS) is 11.7. The number of nitrogens with one attached hydrogen (secondary N) is 1. The zero-order valence-electron chi connectivity index (χ0n) is 29.4. The Bertz CT molecular complexity index is 1170. The van der Waals surface area contributed by atoms with Gasteiger partial charge in [-0.25, -0.2) is 4.63 Å². The van der Waals surface area contributed by atoms with Gasteiger partial charge in [-0.2, -0.15) is 0 Å². The third-order valence-corrected chi connectivity index (χ3v) is 6.56. The van der Waals surface area contributed by atoms with E-state index in [1.165, 1.54) is 0 Å². The summed E-state index contributed by atoms with van der Waals surface area (Å²) in [6, 6.07) is 5.13. The molecule has 15 heteroatoms. The average Bonchev–Trinajstić information content (AvgIpc) is 3.54. The van der Waals surface area contributed by atoms with E-state index in [-0.39, 0.29) is 42.5 Å². The van der Waals surface area contributed by atoms with Gasteiger partial charge in [0.15, 0.2) is 11.6 Å². The molecular formula is C34H55N3O12. The number of hydrogen-bond acceptors (Lipinski definition) is 14. The van der Waals surface area contributed by atoms with Crippen LogP contribution in [0, 0.1) is 5.41 Å². The summed E-state index contributed by atoms with van der Waals surface area (Å²) in [4.78, 5) is 35.8. The largest absolute Gasteiger partial charge is 0.379 e. The van der Waals surface area contributed by atoms with Gasteiger partial charge in [-0.05, 0) is 40.3 Å². The summed E-state index contributed by atoms with van der Waals surface area (Å²) in [5, 5.41) is 10.1. The second-order valence-electron chi connectivity index (χ2n) is 12.2. The molecule has 1 heterocycles. The maximum absolute atomic E-state index is 12.3. The number of amides is 1. The van der Waals surface area contributed by atoms with Crippen LogP contribution in [0.15, 0.2) is 22.8 Å². The summed E-state index contributed by atoms with van der Waals surface area (Å²) in [6.07, 6.45) is 1.65. The van der Waals surface area contributed by atoms with Crippen LogP contribution in [0.25, 0.3) is 11.0 Å². The molecule has 1 N–H and O–H groups in total. The van der Waals surface area contributed by atoms with Gasteiger partial charge < -0.3 is 43.2 Å². The van der Waals surface area contributed by atoms with Crippen molar-refractivity contribution in [3.8, 4) is 0 Å². The third-order valence-electron chi connectivity index (χ3n) is 6.56. The molecule has 0 saturated carbocycles. The topological polar surface area (TPSA) is 176 Å². The lowest BCUT2D eigenvalue weighted by molar-refractivity contribution is -0.126. The highest BCUT2D eigenvalue weighted by atomic mass is 16.6. The van der Waals surface area contributed by atoms with E-state index in [0.717, 1.165) is 0 Å². The first kappa shape index (κ1) is 42.3. The van der Waals surface area contributed by atoms with Crippen molar-refractivity contribution in [1.82, 2.24) is 15.6 Å². The van der Waals surface area contributed by atoms with E-state index in [1.54, 1.807) is 18.2 Å². The lowest BCUT2D eigenvalue weighted by Gasteiger charge is -2.16. The van der Waals surface area contributed by atoms with Crippen molar-refractivity contribution in [3.05, 3.63) is 23.8 Å². The van der Waals surface area contributed by atoms with Crippen molar-refractivity contribution < 1.29 is 56.9 Å². The molecule has 2 rings (SSSR count). The van der Waals surface area contributed by atoms with Gasteiger partial charge in [0.05, 0.1) is 106 Å². The van der Waals surface area contributed by atoms with Crippen LogP contribution in [0.2, 0.25) is 0 Å². The van der Waals surface area contributed by atoms with Crippen LogP contribution in [-0.2, 0) is 47.5 Å². The maximum Gasteiger partial charge on any atom is 0.222 e. The fraction of sp³-hybridized carbons (Fsp3) is 0.735. The van der Waals surface area contributed by atoms with Crippen molar-refractivity contribution >= 4 is 28.5 Å². The van der Waals surface area contributed by atoms with Crippen LogP contribution >= 0.6 is 0 Å². The van der Waals surface area contributed by atoms with Gasteiger partial charge in [0, 0.05) is 31.4 Å². The number of ketones is 2. The molecule has 0 unspecified atom stereocenters. The zero-order valence-corrected chi connectivity index (χ0v) is 29.4. The van der Waals surface area contributed by atoms with E-state index in [4.69, 9.17) is 37.9 Å². The Kier molecular flexibility index (Phi) is 23.2. The molecule has 1 aromatic heterocycles. The summed E-state index contributed by atoms with van der Waals surface area (Å²) in [7, 11) is 0. The summed E-state index contributed by atoms with van der Waals surface area (Å²) in [6.45, 7) is 13.1. The smallest absolute Gasteiger partial charge is 0.222 e. The molecule has 1 amide bonds. The molecule has 0 radical (unpaired) electrons. The number of benzene rings is 1. The van der Waals surface area contributed by atoms with Gasteiger partial charge in [-0.3, -0.25) is 14.4 Å². The van der Waals surface area contributed by atoms with Crippen LogP contribution in [0.5, 0.6) is 0 Å². The lowest BCUT2D eigenvalue weighted by atomic mass is 9.90. The number of nitrogens with zero attached hydrogens (tertiary/aromatic N) is 2. The van der Waals surface area contributed by atoms with Crippen molar-refractivity contribution in [3.63, 3.8) is 0 Å². The number of rotatable bonds is 32. The maximum atomic E-state index is 12.3. The number of aromatic nitrogens is 2. The Balaban J connectivity index is 1.20. The van der Waals surface area contributed by atoms with Gasteiger partial charge in [-0.15, -0.1) is 0 Å². The Hall–Kier alpha value is -2.89. The molecule has 1 aromatic carbocycles. The first-order valence-corrected chi connectivity index (χ1v) is 16.9. The molecule has 0 aliphatic heterocycles. The summed E-state index contributed by atoms with van der Waals surface area (Å²) < 4.78 is 48.4. The minimum atomic E-state index is -0.200. The van der Waals surface area contributed by atoms with Crippen LogP contribution in [-0.4, -0.2) is 140 Å². The first-order chi connectivity index (χ1) is 23.7. The number of ether oxygens (including phenoxy) is 8. The monoisotopic (exact) mass is 697 g/mol. The molecule has 0 aliphatic rings. The minimum absolute atomic E-state index is 0.0212. The van der Waals surface area contributed by atoms with Crippen molar-refractivity contribution in [2.75, 3.05) is 112 Å². The minimum Gasteiger partial charge on any atom is -0.379 e. The van der Waals surface area contributed by atoms with Crippen molar-refractivity contribution in [2.24, 2.45) is 5.41 Å². The van der Waals surface area contributed by atoms with E-state index < -0.39 is 0 Å². The lowest BCUT2D eigenvalue weighted by Crippen LogP contribution is -2.31. The molecular weight excluding hydrogens is 642 g/mol. The Labute approximate surface area is 288 Å². The molecule has 49 heavy (non-hydrogen) atoms. The molecule has 0 saturated heterocycles. The van der Waals surface area contributed by atoms with Gasteiger partial charge in [-0.1, -0.05) is 20.8 Å². The standard InChI is InChI=1S/C34H55N3O12/c1-34(2,3)26-29(38)27-35-33(40)8-10-42-12-14-44-16-18-46-20-22-48-24-23-47-21-19-45-17-15-43-13-11-41-9-4-5-32(39)28-6-7-30-31(25-28)37-49-36-30/h6-7,25H,4-5,8-24,26-27H2,1-3H3,(H,35,40). The summed E-state index contributed by atoms with van der Waals surface area (Å²) in [5.41, 5.74) is 1.70. The highest BCUT2D eigenvalue weighted by Gasteiger charge is 2.16. The van der Waals surface area contributed by atoms with Gasteiger partial charge in [0.1, 0.15) is 11.0 Å². The van der Waals surface area contributed by atoms with Crippen molar-refractivity contribution in [2.45, 2.75) is 46.5 Å². The van der Waals surface area contributed by atoms with E-state index in [0.29, 0.717) is 135 Å². The van der Waals surface area contributed by atoms with Crippen LogP contribution in [0.4, 0.5) is 0 Å². The molecule has 2 aromatic rings. The SMILES string of the molecule is CC(C)(C)CC(=O)CNC(=O)CCOCCOCCOCCOCCOCCOCCOCCOCCCC(=O)c1ccc2nonc2c1. The van der Waals surface area contributed by atoms with E-state index >= 15 is 0 Å². The first-order valence-electron chi connectivity index (χ1n) is 16.9. The third kappa shape index (κ3) is 23.2. The summed E-state index contributed by atoms with van der Waals surface area (Å²) >= 11 is 0. The number of carbonyl (C=O) groups excluding carboxylic acids is 3. The van der Waals surface area contributed by atoms with E-state index in [9.17, 15) is 14.4 Å². The Morgan fingerprint density at radius 3 is 1.55 bits per heavy atom. The number of hydrogen-bond donors (Lipinski definition) is 1. The molecule has 0 fully saturated rings. The number of Topliss-reactive ketones (excluding diaryl/α,β-unsaturated/α-hetero) is 2. The Morgan fingerprint density at radius 1 is 0.612 bits per heavy atom. The molecule has 0 aliphatic carbocycles. The van der Waals surface area contributed by atoms with Crippen molar-refractivity contribution in [1.29, 1.82) is 0 Å². The predicted octanol–water partition coefficient (Wildman–Crippen LogP) is 2.83. The van der Waals surface area contributed by atoms with Crippen LogP contribution in [0.3, 0.4) is 0 Å². The summed E-state index contributed by atoms with van der Waals surface area (Å²) in [5.74, 6) is -0.148. The van der Waals surface area contributed by atoms with Crippen LogP contribution < -0.4 is 5.32 Å². The average molecular weight is 698 g/mol. The highest BCUT2D eigenvalue weighted by molar-refractivity contribution is 5.98. The Morgan fingerprint density at radius 2 is 1.06 bits per heavy atom. The molecule has 15 nitrogen and oxygen atoms in total. The fourth-order valence-electron chi connectivity index (χ4n) is 4.18. The van der Waals surface area contributed by atoms with E-state index in [2.05, 4.69) is 20.3 Å². The van der Waals surface area contributed by atoms with Gasteiger partial charge in [0.2, 0.25) is 5.91 Å². The predicted molar refractivity (Wildman–Crippen MR) is 179 cm³/mol. The zero-order chi connectivity index (χ0) is 35.4.